The highest BCUT2D eigenvalue weighted by molar-refractivity contribution is 5.80. The van der Waals surface area contributed by atoms with Gasteiger partial charge in [0.05, 0.1) is 0 Å². The van der Waals surface area contributed by atoms with Crippen molar-refractivity contribution in [2.24, 2.45) is 5.92 Å². The number of aliphatic carboxylic acids is 1. The van der Waals surface area contributed by atoms with Gasteiger partial charge in [0.2, 0.25) is 11.8 Å². The van der Waals surface area contributed by atoms with Gasteiger partial charge in [0, 0.05) is 38.9 Å². The number of amides is 2. The maximum atomic E-state index is 11.8. The van der Waals surface area contributed by atoms with E-state index in [9.17, 15) is 14.4 Å². The molecule has 0 aliphatic carbocycles. The Morgan fingerprint density at radius 2 is 1.83 bits per heavy atom. The minimum atomic E-state index is -0.874. The summed E-state index contributed by atoms with van der Waals surface area (Å²) in [6.07, 6.45) is 2.05. The largest absolute Gasteiger partial charge is 0.481 e. The standard InChI is InChI=1S/C12H20N2O4/c1-13-12(18)9-5-7-14(8-6-9)10(15)3-2-4-11(16)17/h9H,2-8H2,1H3,(H,13,18)(H,16,17). The molecule has 1 fully saturated rings. The Balaban J connectivity index is 2.27. The third-order valence-electron chi connectivity index (χ3n) is 3.25. The highest BCUT2D eigenvalue weighted by Gasteiger charge is 2.26. The number of hydrogen-bond donors (Lipinski definition) is 2. The van der Waals surface area contributed by atoms with Crippen molar-refractivity contribution >= 4 is 17.8 Å². The highest BCUT2D eigenvalue weighted by Crippen LogP contribution is 2.18. The predicted molar refractivity (Wildman–Crippen MR) is 64.9 cm³/mol. The Bertz CT molecular complexity index is 322. The fourth-order valence-electron chi connectivity index (χ4n) is 2.14. The number of hydrogen-bond acceptors (Lipinski definition) is 3. The number of likely N-dealkylation sites (tertiary alicyclic amines) is 1. The van der Waals surface area contributed by atoms with Crippen molar-refractivity contribution in [2.45, 2.75) is 32.1 Å². The Morgan fingerprint density at radius 1 is 1.22 bits per heavy atom. The van der Waals surface area contributed by atoms with Crippen molar-refractivity contribution in [3.63, 3.8) is 0 Å². The summed E-state index contributed by atoms with van der Waals surface area (Å²) in [7, 11) is 1.62. The van der Waals surface area contributed by atoms with Crippen LogP contribution in [0.5, 0.6) is 0 Å². The first-order chi connectivity index (χ1) is 8.54. The van der Waals surface area contributed by atoms with Gasteiger partial charge in [-0.3, -0.25) is 14.4 Å². The van der Waals surface area contributed by atoms with Gasteiger partial charge in [-0.05, 0) is 19.3 Å². The molecule has 6 nitrogen and oxygen atoms in total. The molecule has 0 radical (unpaired) electrons. The van der Waals surface area contributed by atoms with E-state index in [0.717, 1.165) is 0 Å². The molecule has 2 N–H and O–H groups in total. The molecule has 0 aromatic carbocycles. The molecule has 1 aliphatic heterocycles. The number of carboxylic acids is 1. The van der Waals surface area contributed by atoms with Gasteiger partial charge >= 0.3 is 5.97 Å². The molecule has 6 heteroatoms. The molecule has 0 spiro atoms. The second kappa shape index (κ2) is 6.98. The van der Waals surface area contributed by atoms with E-state index in [4.69, 9.17) is 5.11 Å². The van der Waals surface area contributed by atoms with Crippen LogP contribution in [0.3, 0.4) is 0 Å². The summed E-state index contributed by atoms with van der Waals surface area (Å²) in [4.78, 5) is 35.2. The zero-order valence-corrected chi connectivity index (χ0v) is 10.6. The third-order valence-corrected chi connectivity index (χ3v) is 3.25. The van der Waals surface area contributed by atoms with Crippen LogP contribution >= 0.6 is 0 Å². The number of nitrogens with zero attached hydrogens (tertiary/aromatic N) is 1. The number of carbonyl (C=O) groups is 3. The van der Waals surface area contributed by atoms with Crippen molar-refractivity contribution in [2.75, 3.05) is 20.1 Å². The van der Waals surface area contributed by atoms with Gasteiger partial charge in [0.25, 0.3) is 0 Å². The van der Waals surface area contributed by atoms with Crippen LogP contribution in [-0.4, -0.2) is 47.9 Å². The number of rotatable bonds is 5. The lowest BCUT2D eigenvalue weighted by atomic mass is 9.95. The molecule has 0 saturated carbocycles. The van der Waals surface area contributed by atoms with Gasteiger partial charge in [-0.25, -0.2) is 0 Å². The first-order valence-electron chi connectivity index (χ1n) is 6.25. The summed E-state index contributed by atoms with van der Waals surface area (Å²) < 4.78 is 0. The van der Waals surface area contributed by atoms with Crippen LogP contribution in [-0.2, 0) is 14.4 Å². The molecule has 0 aromatic heterocycles. The molecule has 1 heterocycles. The summed E-state index contributed by atoms with van der Waals surface area (Å²) in [6, 6.07) is 0. The van der Waals surface area contributed by atoms with E-state index < -0.39 is 5.97 Å². The van der Waals surface area contributed by atoms with Crippen LogP contribution in [0.2, 0.25) is 0 Å². The lowest BCUT2D eigenvalue weighted by Crippen LogP contribution is -2.42. The highest BCUT2D eigenvalue weighted by atomic mass is 16.4. The predicted octanol–water partition coefficient (Wildman–Crippen LogP) is 0.226. The van der Waals surface area contributed by atoms with Gasteiger partial charge < -0.3 is 15.3 Å². The average molecular weight is 256 g/mol. The summed E-state index contributed by atoms with van der Waals surface area (Å²) in [6.45, 7) is 1.17. The molecule has 1 rings (SSSR count). The molecule has 102 valence electrons. The number of nitrogens with one attached hydrogen (secondary N) is 1. The van der Waals surface area contributed by atoms with Gasteiger partial charge in [0.15, 0.2) is 0 Å². The third kappa shape index (κ3) is 4.35. The van der Waals surface area contributed by atoms with Crippen LogP contribution < -0.4 is 5.32 Å². The average Bonchev–Trinajstić information content (AvgIpc) is 2.37. The first-order valence-corrected chi connectivity index (χ1v) is 6.25. The van der Waals surface area contributed by atoms with Crippen molar-refractivity contribution < 1.29 is 19.5 Å². The molecule has 1 aliphatic rings. The Kier molecular flexibility index (Phi) is 5.61. The fraction of sp³-hybridized carbons (Fsp3) is 0.750. The summed E-state index contributed by atoms with van der Waals surface area (Å²) in [5, 5.41) is 11.1. The number of carboxylic acid groups (broad SMARTS) is 1. The molecule has 0 aromatic rings. The van der Waals surface area contributed by atoms with E-state index in [1.54, 1.807) is 11.9 Å². The van der Waals surface area contributed by atoms with Crippen molar-refractivity contribution in [1.82, 2.24) is 10.2 Å². The van der Waals surface area contributed by atoms with Gasteiger partial charge in [-0.2, -0.15) is 0 Å². The second-order valence-corrected chi connectivity index (χ2v) is 4.52. The zero-order valence-electron chi connectivity index (χ0n) is 10.6. The maximum Gasteiger partial charge on any atom is 0.303 e. The first kappa shape index (κ1) is 14.5. The molecule has 0 unspecified atom stereocenters. The maximum absolute atomic E-state index is 11.8. The lowest BCUT2D eigenvalue weighted by molar-refractivity contribution is -0.138. The second-order valence-electron chi connectivity index (χ2n) is 4.52. The Morgan fingerprint density at radius 3 is 2.33 bits per heavy atom. The quantitative estimate of drug-likeness (QED) is 0.737. The molecule has 0 atom stereocenters. The SMILES string of the molecule is CNC(=O)C1CCN(C(=O)CCCC(=O)O)CC1. The summed E-state index contributed by atoms with van der Waals surface area (Å²) in [5.41, 5.74) is 0. The summed E-state index contributed by atoms with van der Waals surface area (Å²) in [5.74, 6) is -0.848. The van der Waals surface area contributed by atoms with E-state index in [1.807, 2.05) is 0 Å². The van der Waals surface area contributed by atoms with Gasteiger partial charge in [0.1, 0.15) is 0 Å². The Labute approximate surface area is 106 Å². The van der Waals surface area contributed by atoms with Crippen molar-refractivity contribution in [3.8, 4) is 0 Å². The minimum Gasteiger partial charge on any atom is -0.481 e. The minimum absolute atomic E-state index is 0.00179. The summed E-state index contributed by atoms with van der Waals surface area (Å²) >= 11 is 0. The Hall–Kier alpha value is -1.59. The number of piperidine rings is 1. The van der Waals surface area contributed by atoms with Crippen LogP contribution in [0.4, 0.5) is 0 Å². The molecular weight excluding hydrogens is 236 g/mol. The number of carbonyl (C=O) groups excluding carboxylic acids is 2. The van der Waals surface area contributed by atoms with Gasteiger partial charge in [-0.1, -0.05) is 0 Å². The van der Waals surface area contributed by atoms with E-state index in [0.29, 0.717) is 32.4 Å². The van der Waals surface area contributed by atoms with Crippen LogP contribution in [0.15, 0.2) is 0 Å². The lowest BCUT2D eigenvalue weighted by Gasteiger charge is -2.31. The van der Waals surface area contributed by atoms with E-state index in [2.05, 4.69) is 5.32 Å². The van der Waals surface area contributed by atoms with E-state index in [1.165, 1.54) is 0 Å². The monoisotopic (exact) mass is 256 g/mol. The zero-order chi connectivity index (χ0) is 13.5. The topological polar surface area (TPSA) is 86.7 Å². The smallest absolute Gasteiger partial charge is 0.303 e. The van der Waals surface area contributed by atoms with E-state index >= 15 is 0 Å². The van der Waals surface area contributed by atoms with Crippen LogP contribution in [0.1, 0.15) is 32.1 Å². The molecular formula is C12H20N2O4. The van der Waals surface area contributed by atoms with Crippen LogP contribution in [0, 0.1) is 5.92 Å². The molecule has 1 saturated heterocycles. The van der Waals surface area contributed by atoms with Crippen LogP contribution in [0.25, 0.3) is 0 Å². The molecule has 0 bridgehead atoms. The van der Waals surface area contributed by atoms with Crippen molar-refractivity contribution in [1.29, 1.82) is 0 Å². The fourth-order valence-corrected chi connectivity index (χ4v) is 2.14. The molecule has 18 heavy (non-hydrogen) atoms. The van der Waals surface area contributed by atoms with Gasteiger partial charge in [-0.15, -0.1) is 0 Å². The normalized spacial score (nSPS) is 16.4. The van der Waals surface area contributed by atoms with Crippen molar-refractivity contribution in [3.05, 3.63) is 0 Å². The van der Waals surface area contributed by atoms with E-state index in [-0.39, 0.29) is 30.6 Å². The molecule has 2 amide bonds.